The minimum atomic E-state index is -0.0599. The number of nitrogens with zero attached hydrogens (tertiary/aromatic N) is 2. The van der Waals surface area contributed by atoms with E-state index in [2.05, 4.69) is 75.8 Å². The number of para-hydroxylation sites is 1. The van der Waals surface area contributed by atoms with Crippen LogP contribution in [0.15, 0.2) is 84.9 Å². The molecule has 0 aliphatic carbocycles. The molecule has 0 bridgehead atoms. The second-order valence-corrected chi connectivity index (χ2v) is 9.90. The summed E-state index contributed by atoms with van der Waals surface area (Å²) in [4.78, 5) is 17.5. The number of hydrogen-bond donors (Lipinski definition) is 1. The monoisotopic (exact) mass is 485 g/mol. The van der Waals surface area contributed by atoms with Crippen LogP contribution in [0, 0.1) is 0 Å². The molecule has 0 spiro atoms. The first kappa shape index (κ1) is 25.9. The maximum Gasteiger partial charge on any atom is 0.255 e. The molecule has 5 nitrogen and oxygen atoms in total. The lowest BCUT2D eigenvalue weighted by Crippen LogP contribution is -2.40. The smallest absolute Gasteiger partial charge is 0.255 e. The molecule has 3 aromatic carbocycles. The number of nitrogens with one attached hydrogen (secondary N) is 1. The molecule has 1 fully saturated rings. The van der Waals surface area contributed by atoms with Crippen molar-refractivity contribution in [2.45, 2.75) is 31.3 Å². The van der Waals surface area contributed by atoms with Crippen LogP contribution in [0.25, 0.3) is 0 Å². The van der Waals surface area contributed by atoms with Crippen molar-refractivity contribution < 1.29 is 9.53 Å². The van der Waals surface area contributed by atoms with E-state index in [0.717, 1.165) is 45.4 Å². The average molecular weight is 486 g/mol. The Morgan fingerprint density at radius 1 is 0.917 bits per heavy atom. The number of piperidine rings is 1. The topological polar surface area (TPSA) is 44.8 Å². The SMILES string of the molecule is CN(C)CCCNC(=O)c1ccccc1OC1CCN(CC(c2ccccc2)c2ccccc2)CC1. The number of rotatable bonds is 11. The highest BCUT2D eigenvalue weighted by Gasteiger charge is 2.25. The summed E-state index contributed by atoms with van der Waals surface area (Å²) in [5.74, 6) is 0.977. The van der Waals surface area contributed by atoms with Crippen LogP contribution in [-0.4, -0.2) is 68.6 Å². The number of carbonyl (C=O) groups excluding carboxylic acids is 1. The summed E-state index contributed by atoms with van der Waals surface area (Å²) in [7, 11) is 4.08. The van der Waals surface area contributed by atoms with Crippen LogP contribution in [0.4, 0.5) is 0 Å². The van der Waals surface area contributed by atoms with E-state index in [1.807, 2.05) is 38.4 Å². The van der Waals surface area contributed by atoms with Gasteiger partial charge in [-0.1, -0.05) is 72.8 Å². The number of amides is 1. The second kappa shape index (κ2) is 13.2. The molecule has 0 unspecified atom stereocenters. The maximum atomic E-state index is 12.8. The normalized spacial score (nSPS) is 14.8. The second-order valence-electron chi connectivity index (χ2n) is 9.90. The van der Waals surface area contributed by atoms with Gasteiger partial charge in [-0.2, -0.15) is 0 Å². The van der Waals surface area contributed by atoms with E-state index in [4.69, 9.17) is 4.74 Å². The van der Waals surface area contributed by atoms with Crippen LogP contribution in [0.3, 0.4) is 0 Å². The molecular formula is C31H39N3O2. The van der Waals surface area contributed by atoms with Crippen LogP contribution < -0.4 is 10.1 Å². The van der Waals surface area contributed by atoms with Crippen molar-refractivity contribution >= 4 is 5.91 Å². The molecule has 1 N–H and O–H groups in total. The molecule has 1 saturated heterocycles. The van der Waals surface area contributed by atoms with Gasteiger partial charge in [-0.25, -0.2) is 0 Å². The Hall–Kier alpha value is -3.15. The number of likely N-dealkylation sites (tertiary alicyclic amines) is 1. The predicted octanol–water partition coefficient (Wildman–Crippen LogP) is 5.04. The van der Waals surface area contributed by atoms with E-state index >= 15 is 0 Å². The lowest BCUT2D eigenvalue weighted by molar-refractivity contribution is 0.0899. The third kappa shape index (κ3) is 7.42. The van der Waals surface area contributed by atoms with Crippen LogP contribution in [0.1, 0.15) is 46.7 Å². The third-order valence-corrected chi connectivity index (χ3v) is 6.87. The highest BCUT2D eigenvalue weighted by molar-refractivity contribution is 5.96. The molecule has 1 heterocycles. The van der Waals surface area contributed by atoms with Gasteiger partial charge in [-0.05, 0) is 63.2 Å². The number of ether oxygens (including phenoxy) is 1. The number of benzene rings is 3. The Balaban J connectivity index is 1.33. The largest absolute Gasteiger partial charge is 0.489 e. The van der Waals surface area contributed by atoms with E-state index in [1.165, 1.54) is 11.1 Å². The molecule has 1 aliphatic heterocycles. The molecule has 3 aromatic rings. The maximum absolute atomic E-state index is 12.8. The molecule has 4 rings (SSSR count). The lowest BCUT2D eigenvalue weighted by Gasteiger charge is -2.35. The van der Waals surface area contributed by atoms with Crippen molar-refractivity contribution in [3.63, 3.8) is 0 Å². The molecule has 1 amide bonds. The highest BCUT2D eigenvalue weighted by atomic mass is 16.5. The number of hydrogen-bond acceptors (Lipinski definition) is 4. The predicted molar refractivity (Wildman–Crippen MR) is 147 cm³/mol. The molecule has 0 atom stereocenters. The van der Waals surface area contributed by atoms with Crippen LogP contribution in [-0.2, 0) is 0 Å². The van der Waals surface area contributed by atoms with Gasteiger partial charge in [0.15, 0.2) is 0 Å². The molecule has 0 radical (unpaired) electrons. The van der Waals surface area contributed by atoms with Gasteiger partial charge >= 0.3 is 0 Å². The Morgan fingerprint density at radius 3 is 2.11 bits per heavy atom. The van der Waals surface area contributed by atoms with Gasteiger partial charge in [0.2, 0.25) is 0 Å². The van der Waals surface area contributed by atoms with E-state index in [-0.39, 0.29) is 12.0 Å². The van der Waals surface area contributed by atoms with Gasteiger partial charge < -0.3 is 19.9 Å². The van der Waals surface area contributed by atoms with Gasteiger partial charge in [-0.15, -0.1) is 0 Å². The van der Waals surface area contributed by atoms with Crippen LogP contribution >= 0.6 is 0 Å². The van der Waals surface area contributed by atoms with E-state index in [9.17, 15) is 4.79 Å². The average Bonchev–Trinajstić information content (AvgIpc) is 2.92. The lowest BCUT2D eigenvalue weighted by atomic mass is 9.90. The van der Waals surface area contributed by atoms with Gasteiger partial charge in [0.1, 0.15) is 11.9 Å². The number of carbonyl (C=O) groups is 1. The zero-order valence-corrected chi connectivity index (χ0v) is 21.6. The minimum Gasteiger partial charge on any atom is -0.489 e. The van der Waals surface area contributed by atoms with Crippen molar-refractivity contribution in [1.82, 2.24) is 15.1 Å². The molecule has 0 saturated carbocycles. The van der Waals surface area contributed by atoms with Crippen LogP contribution in [0.2, 0.25) is 0 Å². The van der Waals surface area contributed by atoms with E-state index < -0.39 is 0 Å². The third-order valence-electron chi connectivity index (χ3n) is 6.87. The Morgan fingerprint density at radius 2 is 1.50 bits per heavy atom. The van der Waals surface area contributed by atoms with Gasteiger partial charge in [0, 0.05) is 32.1 Å². The van der Waals surface area contributed by atoms with Crippen molar-refractivity contribution in [1.29, 1.82) is 0 Å². The molecule has 190 valence electrons. The summed E-state index contributed by atoms with van der Waals surface area (Å²) in [6.07, 6.45) is 2.95. The zero-order chi connectivity index (χ0) is 25.2. The van der Waals surface area contributed by atoms with Gasteiger partial charge in [0.25, 0.3) is 5.91 Å². The van der Waals surface area contributed by atoms with Gasteiger partial charge in [-0.3, -0.25) is 4.79 Å². The van der Waals surface area contributed by atoms with Crippen molar-refractivity contribution in [2.24, 2.45) is 0 Å². The standard InChI is InChI=1S/C31H39N3O2/c1-33(2)21-11-20-32-31(35)28-16-9-10-17-30(28)36-27-18-22-34(23-19-27)24-29(25-12-5-3-6-13-25)26-14-7-4-8-15-26/h3-10,12-17,27,29H,11,18-24H2,1-2H3,(H,32,35). The highest BCUT2D eigenvalue weighted by Crippen LogP contribution is 2.28. The van der Waals surface area contributed by atoms with Gasteiger partial charge in [0.05, 0.1) is 5.56 Å². The van der Waals surface area contributed by atoms with Crippen molar-refractivity contribution in [2.75, 3.05) is 46.8 Å². The fourth-order valence-corrected chi connectivity index (χ4v) is 4.87. The summed E-state index contributed by atoms with van der Waals surface area (Å²) in [5, 5.41) is 3.04. The first-order valence-electron chi connectivity index (χ1n) is 13.1. The summed E-state index contributed by atoms with van der Waals surface area (Å²) < 4.78 is 6.38. The fraction of sp³-hybridized carbons (Fsp3) is 0.387. The van der Waals surface area contributed by atoms with Crippen LogP contribution in [0.5, 0.6) is 5.75 Å². The molecule has 5 heteroatoms. The Bertz CT molecular complexity index is 1020. The molecular weight excluding hydrogens is 446 g/mol. The first-order valence-corrected chi connectivity index (χ1v) is 13.1. The van der Waals surface area contributed by atoms with Crippen molar-refractivity contribution in [3.8, 4) is 5.75 Å². The molecule has 0 aromatic heterocycles. The Kier molecular flexibility index (Phi) is 9.54. The fourth-order valence-electron chi connectivity index (χ4n) is 4.87. The summed E-state index contributed by atoms with van der Waals surface area (Å²) in [6, 6.07) is 29.2. The first-order chi connectivity index (χ1) is 17.6. The van der Waals surface area contributed by atoms with E-state index in [1.54, 1.807) is 0 Å². The minimum absolute atomic E-state index is 0.0599. The quantitative estimate of drug-likeness (QED) is 0.387. The summed E-state index contributed by atoms with van der Waals surface area (Å²) in [6.45, 7) is 4.58. The Labute approximate surface area is 216 Å². The van der Waals surface area contributed by atoms with Crippen molar-refractivity contribution in [3.05, 3.63) is 102 Å². The summed E-state index contributed by atoms with van der Waals surface area (Å²) >= 11 is 0. The van der Waals surface area contributed by atoms with E-state index in [0.29, 0.717) is 23.8 Å². The summed E-state index contributed by atoms with van der Waals surface area (Å²) in [5.41, 5.74) is 3.33. The zero-order valence-electron chi connectivity index (χ0n) is 21.6. The molecule has 1 aliphatic rings. The molecule has 36 heavy (non-hydrogen) atoms.